The van der Waals surface area contributed by atoms with Crippen molar-refractivity contribution in [3.05, 3.63) is 14.9 Å². The Morgan fingerprint density at radius 2 is 2.24 bits per heavy atom. The number of sulfonamides is 1. The standard InChI is InChI=1S/C10H13BrClNO2S2/c1-6-3-7(6)5-13(2)17(14,15)9-4-8(12)10(11)16-9/h4,6-7H,3,5H2,1-2H3. The van der Waals surface area contributed by atoms with Gasteiger partial charge in [0.25, 0.3) is 10.0 Å². The zero-order valence-electron chi connectivity index (χ0n) is 9.48. The first-order valence-corrected chi connectivity index (χ1v) is 8.66. The minimum absolute atomic E-state index is 0.296. The van der Waals surface area contributed by atoms with Gasteiger partial charge in [0.1, 0.15) is 4.21 Å². The first kappa shape index (κ1) is 13.8. The molecule has 1 aliphatic carbocycles. The molecule has 2 unspecified atom stereocenters. The lowest BCUT2D eigenvalue weighted by Crippen LogP contribution is -2.28. The molecular formula is C10H13BrClNO2S2. The van der Waals surface area contributed by atoms with Crippen molar-refractivity contribution in [2.24, 2.45) is 11.8 Å². The maximum Gasteiger partial charge on any atom is 0.252 e. The molecule has 0 spiro atoms. The molecule has 0 bridgehead atoms. The van der Waals surface area contributed by atoms with Crippen LogP contribution in [0.2, 0.25) is 5.02 Å². The molecule has 1 saturated carbocycles. The van der Waals surface area contributed by atoms with Gasteiger partial charge in [-0.15, -0.1) is 11.3 Å². The second-order valence-electron chi connectivity index (χ2n) is 4.45. The summed E-state index contributed by atoms with van der Waals surface area (Å²) in [5, 5.41) is 0.446. The third kappa shape index (κ3) is 2.87. The van der Waals surface area contributed by atoms with E-state index in [4.69, 9.17) is 11.6 Å². The van der Waals surface area contributed by atoms with Crippen molar-refractivity contribution in [1.29, 1.82) is 0 Å². The van der Waals surface area contributed by atoms with Gasteiger partial charge in [-0.3, -0.25) is 0 Å². The summed E-state index contributed by atoms with van der Waals surface area (Å²) in [6.07, 6.45) is 1.12. The Hall–Kier alpha value is 0.380. The Balaban J connectivity index is 2.17. The molecule has 1 heterocycles. The van der Waals surface area contributed by atoms with E-state index in [9.17, 15) is 8.42 Å². The van der Waals surface area contributed by atoms with E-state index < -0.39 is 10.0 Å². The fourth-order valence-electron chi connectivity index (χ4n) is 1.69. The fraction of sp³-hybridized carbons (Fsp3) is 0.600. The second kappa shape index (κ2) is 4.81. The van der Waals surface area contributed by atoms with Gasteiger partial charge >= 0.3 is 0 Å². The summed E-state index contributed by atoms with van der Waals surface area (Å²) in [5.74, 6) is 1.15. The van der Waals surface area contributed by atoms with Crippen LogP contribution in [0.3, 0.4) is 0 Å². The van der Waals surface area contributed by atoms with E-state index in [0.717, 1.165) is 17.8 Å². The van der Waals surface area contributed by atoms with Crippen LogP contribution in [0, 0.1) is 11.8 Å². The molecule has 2 rings (SSSR count). The molecule has 7 heteroatoms. The molecule has 0 aliphatic heterocycles. The number of hydrogen-bond acceptors (Lipinski definition) is 3. The van der Waals surface area contributed by atoms with Gasteiger partial charge in [0.05, 0.1) is 8.81 Å². The van der Waals surface area contributed by atoms with Crippen LogP contribution in [0.25, 0.3) is 0 Å². The van der Waals surface area contributed by atoms with E-state index in [0.29, 0.717) is 31.4 Å². The molecule has 17 heavy (non-hydrogen) atoms. The lowest BCUT2D eigenvalue weighted by atomic mass is 10.3. The van der Waals surface area contributed by atoms with Gasteiger partial charge in [-0.25, -0.2) is 8.42 Å². The van der Waals surface area contributed by atoms with Crippen LogP contribution in [0.15, 0.2) is 14.1 Å². The molecule has 2 atom stereocenters. The number of halogens is 2. The van der Waals surface area contributed by atoms with Gasteiger partial charge in [-0.05, 0) is 40.3 Å². The van der Waals surface area contributed by atoms with Crippen molar-refractivity contribution >= 4 is 48.9 Å². The quantitative estimate of drug-likeness (QED) is 0.827. The Kier molecular flexibility index (Phi) is 3.91. The van der Waals surface area contributed by atoms with Crippen LogP contribution in [0.4, 0.5) is 0 Å². The summed E-state index contributed by atoms with van der Waals surface area (Å²) >= 11 is 10.2. The number of rotatable bonds is 4. The lowest BCUT2D eigenvalue weighted by molar-refractivity contribution is 0.446. The number of nitrogens with zero attached hydrogens (tertiary/aromatic N) is 1. The van der Waals surface area contributed by atoms with E-state index in [2.05, 4.69) is 22.9 Å². The largest absolute Gasteiger partial charge is 0.252 e. The van der Waals surface area contributed by atoms with Gasteiger partial charge in [-0.2, -0.15) is 4.31 Å². The van der Waals surface area contributed by atoms with Crippen molar-refractivity contribution in [3.8, 4) is 0 Å². The SMILES string of the molecule is CC1CC1CN(C)S(=O)(=O)c1cc(Cl)c(Br)s1. The van der Waals surface area contributed by atoms with Crippen LogP contribution in [-0.2, 0) is 10.0 Å². The van der Waals surface area contributed by atoms with Crippen molar-refractivity contribution in [1.82, 2.24) is 4.31 Å². The van der Waals surface area contributed by atoms with Crippen molar-refractivity contribution in [2.75, 3.05) is 13.6 Å². The molecule has 0 radical (unpaired) electrons. The van der Waals surface area contributed by atoms with E-state index in [1.54, 1.807) is 7.05 Å². The molecular weight excluding hydrogens is 346 g/mol. The highest BCUT2D eigenvalue weighted by Gasteiger charge is 2.36. The monoisotopic (exact) mass is 357 g/mol. The van der Waals surface area contributed by atoms with E-state index >= 15 is 0 Å². The molecule has 96 valence electrons. The molecule has 1 fully saturated rings. The van der Waals surface area contributed by atoms with Crippen molar-refractivity contribution < 1.29 is 8.42 Å². The Morgan fingerprint density at radius 3 is 2.65 bits per heavy atom. The second-order valence-corrected chi connectivity index (χ2v) is 9.49. The van der Waals surface area contributed by atoms with E-state index in [-0.39, 0.29) is 0 Å². The van der Waals surface area contributed by atoms with Crippen LogP contribution in [0.5, 0.6) is 0 Å². The molecule has 0 aromatic carbocycles. The highest BCUT2D eigenvalue weighted by atomic mass is 79.9. The summed E-state index contributed by atoms with van der Waals surface area (Å²) in [7, 11) is -1.75. The predicted octanol–water partition coefficient (Wildman–Crippen LogP) is 3.44. The summed E-state index contributed by atoms with van der Waals surface area (Å²) in [6, 6.07) is 1.50. The first-order valence-electron chi connectivity index (χ1n) is 5.23. The van der Waals surface area contributed by atoms with E-state index in [1.165, 1.54) is 10.4 Å². The predicted molar refractivity (Wildman–Crippen MR) is 74.1 cm³/mol. The highest BCUT2D eigenvalue weighted by molar-refractivity contribution is 9.11. The molecule has 1 aliphatic rings. The number of hydrogen-bond donors (Lipinski definition) is 0. The average molecular weight is 359 g/mol. The van der Waals surface area contributed by atoms with Crippen LogP contribution in [-0.4, -0.2) is 26.3 Å². The van der Waals surface area contributed by atoms with Crippen LogP contribution >= 0.6 is 38.9 Å². The normalized spacial score (nSPS) is 24.3. The maximum absolute atomic E-state index is 12.2. The first-order chi connectivity index (χ1) is 7.82. The fourth-order valence-corrected chi connectivity index (χ4v) is 5.53. The zero-order chi connectivity index (χ0) is 12.8. The maximum atomic E-state index is 12.2. The third-order valence-electron chi connectivity index (χ3n) is 3.05. The van der Waals surface area contributed by atoms with Gasteiger partial charge < -0.3 is 0 Å². The Labute approximate surface area is 119 Å². The van der Waals surface area contributed by atoms with Gasteiger partial charge in [-0.1, -0.05) is 18.5 Å². The minimum Gasteiger partial charge on any atom is -0.206 e. The Morgan fingerprint density at radius 1 is 1.65 bits per heavy atom. The highest BCUT2D eigenvalue weighted by Crippen LogP contribution is 2.40. The topological polar surface area (TPSA) is 37.4 Å². The molecule has 1 aromatic heterocycles. The van der Waals surface area contributed by atoms with Crippen molar-refractivity contribution in [3.63, 3.8) is 0 Å². The zero-order valence-corrected chi connectivity index (χ0v) is 13.5. The molecule has 1 aromatic rings. The number of thiophene rings is 1. The smallest absolute Gasteiger partial charge is 0.206 e. The molecule has 0 amide bonds. The van der Waals surface area contributed by atoms with Gasteiger partial charge in [0.2, 0.25) is 0 Å². The lowest BCUT2D eigenvalue weighted by Gasteiger charge is -2.15. The van der Waals surface area contributed by atoms with Crippen molar-refractivity contribution in [2.45, 2.75) is 17.6 Å². The Bertz CT molecular complexity index is 509. The minimum atomic E-state index is -3.38. The summed E-state index contributed by atoms with van der Waals surface area (Å²) in [6.45, 7) is 2.74. The van der Waals surface area contributed by atoms with Crippen LogP contribution < -0.4 is 0 Å². The molecule has 3 nitrogen and oxygen atoms in total. The average Bonchev–Trinajstić information content (AvgIpc) is 2.80. The van der Waals surface area contributed by atoms with Crippen LogP contribution in [0.1, 0.15) is 13.3 Å². The third-order valence-corrected chi connectivity index (χ3v) is 7.80. The van der Waals surface area contributed by atoms with Gasteiger partial charge in [0.15, 0.2) is 0 Å². The van der Waals surface area contributed by atoms with Gasteiger partial charge in [0, 0.05) is 13.6 Å². The molecule has 0 saturated heterocycles. The van der Waals surface area contributed by atoms with E-state index in [1.807, 2.05) is 0 Å². The summed E-state index contributed by atoms with van der Waals surface area (Å²) in [4.78, 5) is 0. The summed E-state index contributed by atoms with van der Waals surface area (Å²) in [5.41, 5.74) is 0. The summed E-state index contributed by atoms with van der Waals surface area (Å²) < 4.78 is 26.8. The molecule has 0 N–H and O–H groups in total.